The van der Waals surface area contributed by atoms with Gasteiger partial charge in [-0.3, -0.25) is 14.6 Å². The van der Waals surface area contributed by atoms with Gasteiger partial charge in [0.05, 0.1) is 0 Å². The maximum atomic E-state index is 12.3. The van der Waals surface area contributed by atoms with E-state index in [9.17, 15) is 9.59 Å². The fourth-order valence-corrected chi connectivity index (χ4v) is 2.16. The van der Waals surface area contributed by atoms with Crippen LogP contribution in [0.25, 0.3) is 0 Å². The largest absolute Gasteiger partial charge is 0.360 e. The van der Waals surface area contributed by atoms with Gasteiger partial charge in [-0.2, -0.15) is 0 Å². The van der Waals surface area contributed by atoms with E-state index in [1.54, 1.807) is 37.3 Å². The molecule has 2 heterocycles. The molecule has 0 bridgehead atoms. The van der Waals surface area contributed by atoms with E-state index in [2.05, 4.69) is 20.8 Å². The molecular weight excluding hydrogens is 344 g/mol. The van der Waals surface area contributed by atoms with Gasteiger partial charge in [-0.25, -0.2) is 0 Å². The number of hydrogen-bond acceptors (Lipinski definition) is 5. The SMILES string of the molecule is Cc1cc(NC(=O)c2cc(C(=O)Nc3ccc(Cl)cc3)ccn2)no1. The predicted octanol–water partition coefficient (Wildman–Crippen LogP) is 3.54. The maximum absolute atomic E-state index is 12.3. The van der Waals surface area contributed by atoms with E-state index in [0.717, 1.165) is 0 Å². The Hall–Kier alpha value is -3.19. The van der Waals surface area contributed by atoms with Gasteiger partial charge in [0.2, 0.25) is 0 Å². The first-order valence-corrected chi connectivity index (χ1v) is 7.67. The molecule has 0 aliphatic rings. The molecule has 0 radical (unpaired) electrons. The summed E-state index contributed by atoms with van der Waals surface area (Å²) in [5.74, 6) is -0.00910. The van der Waals surface area contributed by atoms with Crippen molar-refractivity contribution in [2.24, 2.45) is 0 Å². The number of nitrogens with one attached hydrogen (secondary N) is 2. The van der Waals surface area contributed by atoms with Gasteiger partial charge in [0.1, 0.15) is 11.5 Å². The van der Waals surface area contributed by atoms with Crippen LogP contribution in [-0.4, -0.2) is 22.0 Å². The zero-order valence-corrected chi connectivity index (χ0v) is 13.9. The fourth-order valence-electron chi connectivity index (χ4n) is 2.04. The van der Waals surface area contributed by atoms with Crippen LogP contribution >= 0.6 is 11.6 Å². The molecule has 0 spiro atoms. The summed E-state index contributed by atoms with van der Waals surface area (Å²) in [5, 5.41) is 9.52. The third-order valence-corrected chi connectivity index (χ3v) is 3.48. The molecule has 3 rings (SSSR count). The van der Waals surface area contributed by atoms with Gasteiger partial charge in [0.15, 0.2) is 5.82 Å². The molecule has 2 N–H and O–H groups in total. The number of carbonyl (C=O) groups is 2. The monoisotopic (exact) mass is 356 g/mol. The van der Waals surface area contributed by atoms with Crippen molar-refractivity contribution in [3.63, 3.8) is 0 Å². The highest BCUT2D eigenvalue weighted by molar-refractivity contribution is 6.30. The molecule has 0 unspecified atom stereocenters. The maximum Gasteiger partial charge on any atom is 0.275 e. The van der Waals surface area contributed by atoms with Crippen LogP contribution in [0.15, 0.2) is 53.2 Å². The van der Waals surface area contributed by atoms with Crippen LogP contribution in [0.2, 0.25) is 5.02 Å². The van der Waals surface area contributed by atoms with E-state index in [4.69, 9.17) is 16.1 Å². The lowest BCUT2D eigenvalue weighted by atomic mass is 10.2. The van der Waals surface area contributed by atoms with Crippen LogP contribution in [0.1, 0.15) is 26.6 Å². The number of amides is 2. The Kier molecular flexibility index (Phi) is 4.76. The number of pyridine rings is 1. The van der Waals surface area contributed by atoms with Crippen LogP contribution in [0.3, 0.4) is 0 Å². The lowest BCUT2D eigenvalue weighted by Gasteiger charge is -2.06. The fraction of sp³-hybridized carbons (Fsp3) is 0.0588. The van der Waals surface area contributed by atoms with E-state index in [0.29, 0.717) is 22.0 Å². The zero-order chi connectivity index (χ0) is 17.8. The van der Waals surface area contributed by atoms with E-state index < -0.39 is 5.91 Å². The van der Waals surface area contributed by atoms with Crippen molar-refractivity contribution in [3.05, 3.63) is 70.7 Å². The Morgan fingerprint density at radius 2 is 1.80 bits per heavy atom. The van der Waals surface area contributed by atoms with Crippen molar-refractivity contribution in [2.75, 3.05) is 10.6 Å². The summed E-state index contributed by atoms with van der Waals surface area (Å²) in [4.78, 5) is 28.5. The van der Waals surface area contributed by atoms with E-state index in [1.807, 2.05) is 0 Å². The van der Waals surface area contributed by atoms with Crippen LogP contribution in [0, 0.1) is 6.92 Å². The number of benzene rings is 1. The number of halogens is 1. The van der Waals surface area contributed by atoms with Crippen molar-refractivity contribution in [1.29, 1.82) is 0 Å². The van der Waals surface area contributed by atoms with Crippen molar-refractivity contribution in [1.82, 2.24) is 10.1 Å². The van der Waals surface area contributed by atoms with Crippen LogP contribution in [0.5, 0.6) is 0 Å². The van der Waals surface area contributed by atoms with Gasteiger partial charge in [0.25, 0.3) is 11.8 Å². The molecule has 0 aliphatic carbocycles. The smallest absolute Gasteiger partial charge is 0.275 e. The Labute approximate surface area is 148 Å². The topological polar surface area (TPSA) is 97.1 Å². The van der Waals surface area contributed by atoms with Gasteiger partial charge in [-0.1, -0.05) is 16.8 Å². The van der Waals surface area contributed by atoms with Crippen LogP contribution in [-0.2, 0) is 0 Å². The average molecular weight is 357 g/mol. The quantitative estimate of drug-likeness (QED) is 0.745. The van der Waals surface area contributed by atoms with Crippen molar-refractivity contribution in [2.45, 2.75) is 6.92 Å². The highest BCUT2D eigenvalue weighted by Gasteiger charge is 2.14. The predicted molar refractivity (Wildman–Crippen MR) is 92.8 cm³/mol. The molecule has 2 aromatic heterocycles. The van der Waals surface area contributed by atoms with Crippen molar-refractivity contribution in [3.8, 4) is 0 Å². The summed E-state index contributed by atoms with van der Waals surface area (Å²) in [6.07, 6.45) is 1.39. The first-order valence-electron chi connectivity index (χ1n) is 7.29. The molecule has 0 fully saturated rings. The molecule has 3 aromatic rings. The first kappa shape index (κ1) is 16.7. The summed E-state index contributed by atoms with van der Waals surface area (Å²) in [6, 6.07) is 11.2. The first-order chi connectivity index (χ1) is 12.0. The second kappa shape index (κ2) is 7.14. The van der Waals surface area contributed by atoms with Crippen molar-refractivity contribution < 1.29 is 14.1 Å². The Morgan fingerprint density at radius 1 is 1.04 bits per heavy atom. The number of hydrogen-bond donors (Lipinski definition) is 2. The number of rotatable bonds is 4. The Balaban J connectivity index is 1.72. The summed E-state index contributed by atoms with van der Waals surface area (Å²) >= 11 is 5.81. The summed E-state index contributed by atoms with van der Waals surface area (Å²) in [5.41, 5.74) is 0.978. The number of nitrogens with zero attached hydrogens (tertiary/aromatic N) is 2. The number of carbonyl (C=O) groups excluding carboxylic acids is 2. The Morgan fingerprint density at radius 3 is 2.48 bits per heavy atom. The van der Waals surface area contributed by atoms with Gasteiger partial charge >= 0.3 is 0 Å². The number of aromatic nitrogens is 2. The second-order valence-corrected chi connectivity index (χ2v) is 5.60. The van der Waals surface area contributed by atoms with Crippen molar-refractivity contribution >= 4 is 34.9 Å². The standard InChI is InChI=1S/C17H13ClN4O3/c1-10-8-15(22-25-10)21-17(24)14-9-11(6-7-19-14)16(23)20-13-4-2-12(18)3-5-13/h2-9H,1H3,(H,20,23)(H,21,22,24). The highest BCUT2D eigenvalue weighted by Crippen LogP contribution is 2.15. The molecule has 2 amide bonds. The summed E-state index contributed by atoms with van der Waals surface area (Å²) in [7, 11) is 0. The molecule has 8 heteroatoms. The minimum atomic E-state index is -0.491. The Bertz CT molecular complexity index is 922. The third-order valence-electron chi connectivity index (χ3n) is 3.23. The molecule has 7 nitrogen and oxygen atoms in total. The van der Waals surface area contributed by atoms with E-state index in [1.165, 1.54) is 18.3 Å². The van der Waals surface area contributed by atoms with Gasteiger partial charge in [0, 0.05) is 28.5 Å². The van der Waals surface area contributed by atoms with Gasteiger partial charge < -0.3 is 15.2 Å². The molecule has 0 aliphatic heterocycles. The normalized spacial score (nSPS) is 10.3. The van der Waals surface area contributed by atoms with Gasteiger partial charge in [-0.15, -0.1) is 0 Å². The molecule has 0 saturated carbocycles. The minimum absolute atomic E-state index is 0.0874. The second-order valence-electron chi connectivity index (χ2n) is 5.17. The zero-order valence-electron chi connectivity index (χ0n) is 13.1. The molecule has 1 aromatic carbocycles. The molecular formula is C17H13ClN4O3. The average Bonchev–Trinajstić information content (AvgIpc) is 3.02. The van der Waals surface area contributed by atoms with Crippen LogP contribution in [0.4, 0.5) is 11.5 Å². The molecule has 0 atom stereocenters. The summed E-state index contributed by atoms with van der Waals surface area (Å²) < 4.78 is 4.88. The van der Waals surface area contributed by atoms with Gasteiger partial charge in [-0.05, 0) is 43.3 Å². The lowest BCUT2D eigenvalue weighted by molar-refractivity contribution is 0.102. The molecule has 25 heavy (non-hydrogen) atoms. The molecule has 0 saturated heterocycles. The molecule has 126 valence electrons. The van der Waals surface area contributed by atoms with E-state index in [-0.39, 0.29) is 17.4 Å². The van der Waals surface area contributed by atoms with E-state index >= 15 is 0 Å². The third kappa shape index (κ3) is 4.21. The number of aryl methyl sites for hydroxylation is 1. The minimum Gasteiger partial charge on any atom is -0.360 e. The lowest BCUT2D eigenvalue weighted by Crippen LogP contribution is -2.17. The highest BCUT2D eigenvalue weighted by atomic mass is 35.5. The van der Waals surface area contributed by atoms with Crippen LogP contribution < -0.4 is 10.6 Å². The summed E-state index contributed by atoms with van der Waals surface area (Å²) in [6.45, 7) is 1.71. The number of anilines is 2.